The minimum Gasteiger partial charge on any atom is -0.330 e. The van der Waals surface area contributed by atoms with Gasteiger partial charge in [0, 0.05) is 28.2 Å². The molecule has 6 heteroatoms. The van der Waals surface area contributed by atoms with Crippen molar-refractivity contribution >= 4 is 40.7 Å². The van der Waals surface area contributed by atoms with Crippen LogP contribution in [0.5, 0.6) is 0 Å². The number of nitrogens with one attached hydrogen (secondary N) is 1. The molecule has 0 bridgehead atoms. The van der Waals surface area contributed by atoms with Gasteiger partial charge < -0.3 is 10.2 Å². The second-order valence-electron chi connectivity index (χ2n) is 6.32. The molecule has 1 fully saturated rings. The Morgan fingerprint density at radius 1 is 1.08 bits per heavy atom. The van der Waals surface area contributed by atoms with Crippen molar-refractivity contribution in [2.24, 2.45) is 5.92 Å². The smallest absolute Gasteiger partial charge is 0.247 e. The molecule has 3 rings (SSSR count). The average Bonchev–Trinajstić information content (AvgIpc) is 3.03. The third-order valence-electron chi connectivity index (χ3n) is 4.59. The maximum absolute atomic E-state index is 12.7. The summed E-state index contributed by atoms with van der Waals surface area (Å²) in [5.41, 5.74) is 0.553. The predicted octanol–water partition coefficient (Wildman–Crippen LogP) is 4.28. The lowest BCUT2D eigenvalue weighted by molar-refractivity contribution is -0.140. The summed E-state index contributed by atoms with van der Waals surface area (Å²) in [6.07, 6.45) is 8.28. The molecule has 0 aromatic heterocycles. The van der Waals surface area contributed by atoms with E-state index in [4.69, 9.17) is 23.2 Å². The number of anilines is 1. The molecule has 1 aromatic rings. The first-order valence-corrected chi connectivity index (χ1v) is 9.02. The molecule has 0 unspecified atom stereocenters. The van der Waals surface area contributed by atoms with Gasteiger partial charge in [0.15, 0.2) is 0 Å². The molecule has 2 atom stereocenters. The Morgan fingerprint density at radius 2 is 1.83 bits per heavy atom. The molecule has 1 N–H and O–H groups in total. The van der Waals surface area contributed by atoms with Gasteiger partial charge in [-0.25, -0.2) is 0 Å². The highest BCUT2D eigenvalue weighted by Gasteiger charge is 2.36. The van der Waals surface area contributed by atoms with Crippen LogP contribution in [0.3, 0.4) is 0 Å². The molecule has 2 aliphatic rings. The lowest BCUT2D eigenvalue weighted by Gasteiger charge is -2.28. The fourth-order valence-electron chi connectivity index (χ4n) is 3.41. The summed E-state index contributed by atoms with van der Waals surface area (Å²) in [7, 11) is 0. The molecule has 0 saturated carbocycles. The summed E-state index contributed by atoms with van der Waals surface area (Å²) >= 11 is 11.9. The van der Waals surface area contributed by atoms with Crippen molar-refractivity contribution in [2.75, 3.05) is 11.9 Å². The molecule has 1 saturated heterocycles. The van der Waals surface area contributed by atoms with Crippen molar-refractivity contribution in [1.29, 1.82) is 0 Å². The van der Waals surface area contributed by atoms with E-state index in [2.05, 4.69) is 17.5 Å². The van der Waals surface area contributed by atoms with E-state index in [1.807, 2.05) is 0 Å². The average molecular weight is 367 g/mol. The molecule has 2 amide bonds. The highest BCUT2D eigenvalue weighted by Crippen LogP contribution is 2.27. The van der Waals surface area contributed by atoms with E-state index in [0.29, 0.717) is 28.7 Å². The molecule has 1 aliphatic heterocycles. The molecule has 1 heterocycles. The number of carbonyl (C=O) groups excluding carboxylic acids is 2. The Labute approximate surface area is 151 Å². The summed E-state index contributed by atoms with van der Waals surface area (Å²) < 4.78 is 0. The third kappa shape index (κ3) is 3.93. The van der Waals surface area contributed by atoms with Gasteiger partial charge >= 0.3 is 0 Å². The van der Waals surface area contributed by atoms with Crippen molar-refractivity contribution in [3.8, 4) is 0 Å². The van der Waals surface area contributed by atoms with Gasteiger partial charge in [-0.1, -0.05) is 35.4 Å². The maximum atomic E-state index is 12.7. The summed E-state index contributed by atoms with van der Waals surface area (Å²) in [5, 5.41) is 3.77. The number of rotatable bonds is 3. The first kappa shape index (κ1) is 17.3. The van der Waals surface area contributed by atoms with Gasteiger partial charge in [-0.05, 0) is 50.3 Å². The number of carbonyl (C=O) groups is 2. The first-order chi connectivity index (χ1) is 11.5. The zero-order chi connectivity index (χ0) is 17.1. The topological polar surface area (TPSA) is 49.4 Å². The number of amides is 2. The number of halogens is 2. The summed E-state index contributed by atoms with van der Waals surface area (Å²) in [6.45, 7) is 0.646. The molecule has 1 aliphatic carbocycles. The molecule has 0 spiro atoms. The SMILES string of the molecule is O=C(Nc1cc(Cl)cc(Cl)c1)[C@@H]1CCCN1C(=O)[C@H]1CC=CCC1. The molecule has 1 aromatic carbocycles. The molecule has 0 radical (unpaired) electrons. The Bertz CT molecular complexity index is 655. The third-order valence-corrected chi connectivity index (χ3v) is 5.02. The van der Waals surface area contributed by atoms with Crippen molar-refractivity contribution < 1.29 is 9.59 Å². The van der Waals surface area contributed by atoms with Gasteiger partial charge in [0.25, 0.3) is 0 Å². The molecule has 24 heavy (non-hydrogen) atoms. The van der Waals surface area contributed by atoms with Crippen molar-refractivity contribution in [3.05, 3.63) is 40.4 Å². The zero-order valence-corrected chi connectivity index (χ0v) is 14.8. The Hall–Kier alpha value is -1.52. The molecular weight excluding hydrogens is 347 g/mol. The normalized spacial score (nSPS) is 23.3. The maximum Gasteiger partial charge on any atom is 0.247 e. The summed E-state index contributed by atoms with van der Waals surface area (Å²) in [6, 6.07) is 4.50. The van der Waals surface area contributed by atoms with Crippen LogP contribution >= 0.6 is 23.2 Å². The van der Waals surface area contributed by atoms with Crippen molar-refractivity contribution in [2.45, 2.75) is 38.1 Å². The summed E-state index contributed by atoms with van der Waals surface area (Å²) in [5.74, 6) is -0.0734. The standard InChI is InChI=1S/C18H20Cl2N2O2/c19-13-9-14(20)11-15(10-13)21-17(23)16-7-4-8-22(16)18(24)12-5-2-1-3-6-12/h1-2,9-12,16H,3-8H2,(H,21,23)/t12-,16-/m0/s1. The minimum atomic E-state index is -0.416. The second kappa shape index (κ2) is 7.58. The van der Waals surface area contributed by atoms with E-state index < -0.39 is 6.04 Å². The number of nitrogens with zero attached hydrogens (tertiary/aromatic N) is 1. The Morgan fingerprint density at radius 3 is 2.50 bits per heavy atom. The van der Waals surface area contributed by atoms with E-state index in [0.717, 1.165) is 25.7 Å². The number of hydrogen-bond acceptors (Lipinski definition) is 2. The van der Waals surface area contributed by atoms with Crippen LogP contribution in [0.15, 0.2) is 30.4 Å². The van der Waals surface area contributed by atoms with Crippen LogP contribution < -0.4 is 5.32 Å². The van der Waals surface area contributed by atoms with E-state index in [1.165, 1.54) is 0 Å². The fraction of sp³-hybridized carbons (Fsp3) is 0.444. The first-order valence-electron chi connectivity index (χ1n) is 8.27. The van der Waals surface area contributed by atoms with Gasteiger partial charge in [0.2, 0.25) is 11.8 Å². The van der Waals surface area contributed by atoms with Gasteiger partial charge in [-0.2, -0.15) is 0 Å². The van der Waals surface area contributed by atoms with Crippen LogP contribution in [0.25, 0.3) is 0 Å². The van der Waals surface area contributed by atoms with Crippen molar-refractivity contribution in [3.63, 3.8) is 0 Å². The highest BCUT2D eigenvalue weighted by molar-refractivity contribution is 6.35. The van der Waals surface area contributed by atoms with E-state index in [-0.39, 0.29) is 17.7 Å². The summed E-state index contributed by atoms with van der Waals surface area (Å²) in [4.78, 5) is 27.1. The molecule has 128 valence electrons. The Balaban J connectivity index is 1.69. The Kier molecular flexibility index (Phi) is 5.47. The van der Waals surface area contributed by atoms with Crippen molar-refractivity contribution in [1.82, 2.24) is 4.90 Å². The number of hydrogen-bond donors (Lipinski definition) is 1. The van der Waals surface area contributed by atoms with E-state index >= 15 is 0 Å². The lowest BCUT2D eigenvalue weighted by atomic mass is 9.93. The molecule has 4 nitrogen and oxygen atoms in total. The second-order valence-corrected chi connectivity index (χ2v) is 7.19. The predicted molar refractivity (Wildman–Crippen MR) is 96.3 cm³/mol. The lowest BCUT2D eigenvalue weighted by Crippen LogP contribution is -2.45. The van der Waals surface area contributed by atoms with Crippen LogP contribution in [0.2, 0.25) is 10.0 Å². The monoisotopic (exact) mass is 366 g/mol. The van der Waals surface area contributed by atoms with Crippen LogP contribution in [0.4, 0.5) is 5.69 Å². The van der Waals surface area contributed by atoms with Crippen LogP contribution in [0.1, 0.15) is 32.1 Å². The number of allylic oxidation sites excluding steroid dienone is 2. The van der Waals surface area contributed by atoms with Gasteiger partial charge in [-0.15, -0.1) is 0 Å². The number of benzene rings is 1. The minimum absolute atomic E-state index is 0.00372. The van der Waals surface area contributed by atoms with Gasteiger partial charge in [0.05, 0.1) is 0 Å². The van der Waals surface area contributed by atoms with Crippen LogP contribution in [-0.2, 0) is 9.59 Å². The van der Waals surface area contributed by atoms with E-state index in [1.54, 1.807) is 23.1 Å². The van der Waals surface area contributed by atoms with Gasteiger partial charge in [-0.3, -0.25) is 9.59 Å². The molecular formula is C18H20Cl2N2O2. The van der Waals surface area contributed by atoms with E-state index in [9.17, 15) is 9.59 Å². The van der Waals surface area contributed by atoms with Crippen LogP contribution in [0, 0.1) is 5.92 Å². The number of likely N-dealkylation sites (tertiary alicyclic amines) is 1. The fourth-order valence-corrected chi connectivity index (χ4v) is 3.93. The zero-order valence-electron chi connectivity index (χ0n) is 13.3. The highest BCUT2D eigenvalue weighted by atomic mass is 35.5. The van der Waals surface area contributed by atoms with Crippen LogP contribution in [-0.4, -0.2) is 29.3 Å². The quantitative estimate of drug-likeness (QED) is 0.811. The van der Waals surface area contributed by atoms with Gasteiger partial charge in [0.1, 0.15) is 6.04 Å². The largest absolute Gasteiger partial charge is 0.330 e.